The van der Waals surface area contributed by atoms with Gasteiger partial charge in [-0.05, 0) is 18.6 Å². The van der Waals surface area contributed by atoms with E-state index >= 15 is 0 Å². The van der Waals surface area contributed by atoms with E-state index in [-0.39, 0.29) is 5.91 Å². The van der Waals surface area contributed by atoms with Crippen LogP contribution < -0.4 is 5.32 Å². The number of nitrogens with zero attached hydrogens (tertiary/aromatic N) is 1. The van der Waals surface area contributed by atoms with Gasteiger partial charge in [-0.1, -0.05) is 55.8 Å². The Balaban J connectivity index is 1.81. The van der Waals surface area contributed by atoms with Crippen molar-refractivity contribution in [3.8, 4) is 0 Å². The van der Waals surface area contributed by atoms with Gasteiger partial charge in [0.15, 0.2) is 0 Å². The van der Waals surface area contributed by atoms with Crippen molar-refractivity contribution >= 4 is 28.6 Å². The number of hydrogen-bond donors (Lipinski definition) is 1. The molecule has 0 aliphatic rings. The second-order valence-electron chi connectivity index (χ2n) is 4.69. The molecule has 4 heteroatoms. The standard InChI is InChI=1S/C16H20N2OS/c1-2-3-6-11-17-15(19)12-20-16-10-9-13-7-4-5-8-14(13)18-16/h4-5,7-10H,2-3,6,11-12H2,1H3,(H,17,19). The number of carbonyl (C=O) groups excluding carboxylic acids is 1. The lowest BCUT2D eigenvalue weighted by Crippen LogP contribution is -2.26. The van der Waals surface area contributed by atoms with Gasteiger partial charge < -0.3 is 5.32 Å². The summed E-state index contributed by atoms with van der Waals surface area (Å²) in [4.78, 5) is 16.2. The molecule has 0 unspecified atom stereocenters. The van der Waals surface area contributed by atoms with Crippen molar-refractivity contribution in [1.29, 1.82) is 0 Å². The quantitative estimate of drug-likeness (QED) is 0.625. The third-order valence-electron chi connectivity index (χ3n) is 3.03. The molecule has 2 rings (SSSR count). The molecule has 0 radical (unpaired) electrons. The fourth-order valence-corrected chi connectivity index (χ4v) is 2.63. The van der Waals surface area contributed by atoms with Gasteiger partial charge in [0.05, 0.1) is 16.3 Å². The number of benzene rings is 1. The minimum Gasteiger partial charge on any atom is -0.355 e. The number of rotatable bonds is 7. The normalized spacial score (nSPS) is 10.7. The molecule has 0 atom stereocenters. The van der Waals surface area contributed by atoms with Crippen molar-refractivity contribution in [2.75, 3.05) is 12.3 Å². The van der Waals surface area contributed by atoms with Crippen molar-refractivity contribution in [3.05, 3.63) is 36.4 Å². The van der Waals surface area contributed by atoms with E-state index in [1.54, 1.807) is 0 Å². The molecule has 2 aromatic rings. The molecule has 0 saturated heterocycles. The molecule has 0 fully saturated rings. The predicted octanol–water partition coefficient (Wildman–Crippen LogP) is 3.63. The van der Waals surface area contributed by atoms with E-state index in [9.17, 15) is 4.79 Å². The molecule has 106 valence electrons. The van der Waals surface area contributed by atoms with Gasteiger partial charge in [0.2, 0.25) is 5.91 Å². The number of pyridine rings is 1. The molecule has 3 nitrogen and oxygen atoms in total. The molecule has 0 saturated carbocycles. The summed E-state index contributed by atoms with van der Waals surface area (Å²) in [5.41, 5.74) is 0.973. The molecule has 1 heterocycles. The van der Waals surface area contributed by atoms with E-state index in [2.05, 4.69) is 17.2 Å². The molecular formula is C16H20N2OS. The number of thioether (sulfide) groups is 1. The van der Waals surface area contributed by atoms with Gasteiger partial charge in [0, 0.05) is 11.9 Å². The SMILES string of the molecule is CCCCCNC(=O)CSc1ccc2ccccc2n1. The van der Waals surface area contributed by atoms with Gasteiger partial charge in [0.1, 0.15) is 0 Å². The van der Waals surface area contributed by atoms with E-state index in [1.165, 1.54) is 24.6 Å². The van der Waals surface area contributed by atoms with Crippen molar-refractivity contribution in [2.24, 2.45) is 0 Å². The van der Waals surface area contributed by atoms with Crippen molar-refractivity contribution in [3.63, 3.8) is 0 Å². The Hall–Kier alpha value is -1.55. The van der Waals surface area contributed by atoms with Crippen LogP contribution in [0.5, 0.6) is 0 Å². The van der Waals surface area contributed by atoms with E-state index < -0.39 is 0 Å². The Morgan fingerprint density at radius 1 is 1.20 bits per heavy atom. The summed E-state index contributed by atoms with van der Waals surface area (Å²) in [6, 6.07) is 12.0. The highest BCUT2D eigenvalue weighted by Gasteiger charge is 2.04. The Morgan fingerprint density at radius 3 is 2.90 bits per heavy atom. The van der Waals surface area contributed by atoms with Crippen LogP contribution in [0.15, 0.2) is 41.4 Å². The second kappa shape index (κ2) is 7.90. The maximum absolute atomic E-state index is 11.7. The van der Waals surface area contributed by atoms with Gasteiger partial charge in [0.25, 0.3) is 0 Å². The van der Waals surface area contributed by atoms with Crippen molar-refractivity contribution in [1.82, 2.24) is 10.3 Å². The highest BCUT2D eigenvalue weighted by Crippen LogP contribution is 2.19. The maximum Gasteiger partial charge on any atom is 0.230 e. The number of hydrogen-bond acceptors (Lipinski definition) is 3. The lowest BCUT2D eigenvalue weighted by atomic mass is 10.2. The van der Waals surface area contributed by atoms with Crippen LogP contribution in [-0.2, 0) is 4.79 Å². The van der Waals surface area contributed by atoms with Crippen molar-refractivity contribution in [2.45, 2.75) is 31.2 Å². The number of nitrogens with one attached hydrogen (secondary N) is 1. The van der Waals surface area contributed by atoms with Gasteiger partial charge in [-0.15, -0.1) is 0 Å². The Morgan fingerprint density at radius 2 is 2.05 bits per heavy atom. The first-order valence-corrected chi connectivity index (χ1v) is 8.03. The third-order valence-corrected chi connectivity index (χ3v) is 3.96. The fraction of sp³-hybridized carbons (Fsp3) is 0.375. The van der Waals surface area contributed by atoms with Gasteiger partial charge >= 0.3 is 0 Å². The topological polar surface area (TPSA) is 42.0 Å². The molecule has 0 aliphatic heterocycles. The Bertz CT molecular complexity index is 571. The lowest BCUT2D eigenvalue weighted by Gasteiger charge is -2.05. The minimum atomic E-state index is 0.0843. The number of para-hydroxylation sites is 1. The zero-order valence-corrected chi connectivity index (χ0v) is 12.6. The molecule has 0 spiro atoms. The van der Waals surface area contributed by atoms with E-state index in [4.69, 9.17) is 0 Å². The number of carbonyl (C=O) groups is 1. The number of unbranched alkanes of at least 4 members (excludes halogenated alkanes) is 2. The molecule has 1 N–H and O–H groups in total. The first kappa shape index (κ1) is 14.9. The average Bonchev–Trinajstić information content (AvgIpc) is 2.49. The zero-order valence-electron chi connectivity index (χ0n) is 11.8. The van der Waals surface area contributed by atoms with E-state index in [0.717, 1.165) is 28.9 Å². The van der Waals surface area contributed by atoms with Crippen LogP contribution in [0.3, 0.4) is 0 Å². The smallest absolute Gasteiger partial charge is 0.230 e. The summed E-state index contributed by atoms with van der Waals surface area (Å²) in [7, 11) is 0. The molecule has 0 bridgehead atoms. The first-order chi connectivity index (χ1) is 9.79. The minimum absolute atomic E-state index is 0.0843. The molecular weight excluding hydrogens is 268 g/mol. The van der Waals surface area contributed by atoms with Gasteiger partial charge in [-0.2, -0.15) is 0 Å². The van der Waals surface area contributed by atoms with Crippen LogP contribution >= 0.6 is 11.8 Å². The van der Waals surface area contributed by atoms with Crippen LogP contribution in [0.4, 0.5) is 0 Å². The summed E-state index contributed by atoms with van der Waals surface area (Å²) in [5.74, 6) is 0.512. The maximum atomic E-state index is 11.7. The van der Waals surface area contributed by atoms with Gasteiger partial charge in [-0.25, -0.2) is 4.98 Å². The number of fused-ring (bicyclic) bond motifs is 1. The lowest BCUT2D eigenvalue weighted by molar-refractivity contribution is -0.118. The largest absolute Gasteiger partial charge is 0.355 e. The monoisotopic (exact) mass is 288 g/mol. The highest BCUT2D eigenvalue weighted by atomic mass is 32.2. The number of aromatic nitrogens is 1. The van der Waals surface area contributed by atoms with Crippen LogP contribution in [0.1, 0.15) is 26.2 Å². The van der Waals surface area contributed by atoms with Crippen LogP contribution in [0, 0.1) is 0 Å². The fourth-order valence-electron chi connectivity index (χ4n) is 1.92. The summed E-state index contributed by atoms with van der Waals surface area (Å²) in [6.45, 7) is 2.93. The summed E-state index contributed by atoms with van der Waals surface area (Å²) >= 11 is 1.48. The van der Waals surface area contributed by atoms with Crippen LogP contribution in [-0.4, -0.2) is 23.2 Å². The zero-order chi connectivity index (χ0) is 14.2. The van der Waals surface area contributed by atoms with Gasteiger partial charge in [-0.3, -0.25) is 4.79 Å². The average molecular weight is 288 g/mol. The second-order valence-corrected chi connectivity index (χ2v) is 5.68. The number of amides is 1. The Labute approximate surface area is 124 Å². The summed E-state index contributed by atoms with van der Waals surface area (Å²) in [5, 5.41) is 4.96. The Kier molecular flexibility index (Phi) is 5.87. The highest BCUT2D eigenvalue weighted by molar-refractivity contribution is 7.99. The summed E-state index contributed by atoms with van der Waals surface area (Å²) in [6.07, 6.45) is 3.40. The van der Waals surface area contributed by atoms with E-state index in [1.807, 2.05) is 36.4 Å². The van der Waals surface area contributed by atoms with Crippen LogP contribution in [0.2, 0.25) is 0 Å². The predicted molar refractivity (Wildman–Crippen MR) is 85.0 cm³/mol. The third kappa shape index (κ3) is 4.53. The van der Waals surface area contributed by atoms with Crippen molar-refractivity contribution < 1.29 is 4.79 Å². The van der Waals surface area contributed by atoms with Crippen LogP contribution in [0.25, 0.3) is 10.9 Å². The van der Waals surface area contributed by atoms with E-state index in [0.29, 0.717) is 5.75 Å². The molecule has 20 heavy (non-hydrogen) atoms. The molecule has 1 aromatic carbocycles. The first-order valence-electron chi connectivity index (χ1n) is 7.05. The molecule has 0 aliphatic carbocycles. The molecule has 1 amide bonds. The molecule has 1 aromatic heterocycles. The summed E-state index contributed by atoms with van der Waals surface area (Å²) < 4.78 is 0.